The van der Waals surface area contributed by atoms with Gasteiger partial charge in [-0.1, -0.05) is 6.07 Å². The molecule has 2 aromatic heterocycles. The second kappa shape index (κ2) is 11.7. The molecule has 2 fully saturated rings. The Kier molecular flexibility index (Phi) is 7.87. The number of hydrogen-bond acceptors (Lipinski definition) is 7. The monoisotopic (exact) mass is 632 g/mol. The number of anilines is 1. The maximum atomic E-state index is 15.0. The summed E-state index contributed by atoms with van der Waals surface area (Å²) in [5.41, 5.74) is -1.11. The van der Waals surface area contributed by atoms with E-state index in [9.17, 15) is 35.9 Å². The first-order valence-electron chi connectivity index (χ1n) is 14.1. The van der Waals surface area contributed by atoms with Crippen LogP contribution >= 0.6 is 0 Å². The largest absolute Gasteiger partial charge is 0.490 e. The highest BCUT2D eigenvalue weighted by Crippen LogP contribution is 2.31. The first-order valence-corrected chi connectivity index (χ1v) is 14.1. The number of hydrogen-bond donors (Lipinski definition) is 1. The highest BCUT2D eigenvalue weighted by molar-refractivity contribution is 5.95. The number of carbonyl (C=O) groups excluding carboxylic acids is 1. The van der Waals surface area contributed by atoms with Gasteiger partial charge in [0.05, 0.1) is 41.4 Å². The summed E-state index contributed by atoms with van der Waals surface area (Å²) in [5, 5.41) is 7.50. The molecule has 1 saturated carbocycles. The molecule has 6 rings (SSSR count). The standard InChI is InChI=1S/C30H26F6N6O3/c31-24-7-4-17(11-25-22-12-20(45-19-2-1-3-19)5-6-21(22)26(43)40-39-25)10-23(24)27(44)41-8-9-42(16-29(32,33)15-41)28-37-13-18(14-38-28)30(34,35)36/h4-7,10,12-14,19H,1-3,8-9,11,15-16H2,(H,40,43). The first kappa shape index (κ1) is 30.3. The summed E-state index contributed by atoms with van der Waals surface area (Å²) in [6.45, 7) is -2.53. The minimum atomic E-state index is -4.70. The van der Waals surface area contributed by atoms with Gasteiger partial charge in [-0.05, 0) is 55.2 Å². The molecule has 1 aliphatic heterocycles. The molecule has 2 aliphatic rings. The average Bonchev–Trinajstić information content (AvgIpc) is 3.14. The van der Waals surface area contributed by atoms with Crippen LogP contribution < -0.4 is 15.2 Å². The molecule has 1 saturated heterocycles. The Morgan fingerprint density at radius 1 is 1.02 bits per heavy atom. The predicted octanol–water partition coefficient (Wildman–Crippen LogP) is 4.99. The SMILES string of the molecule is O=C(c1cc(Cc2n[nH]c(=O)c3ccc(OC4CCC4)cc23)ccc1F)N1CCN(c2ncc(C(F)(F)F)cn2)CC(F)(F)C1. The Balaban J connectivity index is 1.23. The van der Waals surface area contributed by atoms with E-state index in [-0.39, 0.29) is 31.6 Å². The second-order valence-corrected chi connectivity index (χ2v) is 11.1. The maximum absolute atomic E-state index is 15.0. The average molecular weight is 633 g/mol. The number of alkyl halides is 5. The number of nitrogens with one attached hydrogen (secondary N) is 1. The third-order valence-corrected chi connectivity index (χ3v) is 7.85. The van der Waals surface area contributed by atoms with Crippen LogP contribution in [0, 0.1) is 5.82 Å². The van der Waals surface area contributed by atoms with Crippen molar-refractivity contribution in [1.82, 2.24) is 25.1 Å². The molecule has 236 valence electrons. The molecule has 0 radical (unpaired) electrons. The number of aromatic nitrogens is 4. The van der Waals surface area contributed by atoms with E-state index in [1.54, 1.807) is 18.2 Å². The number of fused-ring (bicyclic) bond motifs is 1. The van der Waals surface area contributed by atoms with Gasteiger partial charge in [0.25, 0.3) is 17.4 Å². The fraction of sp³-hybridized carbons (Fsp3) is 0.367. The zero-order valence-corrected chi connectivity index (χ0v) is 23.6. The van der Waals surface area contributed by atoms with Crippen LogP contribution in [-0.2, 0) is 12.6 Å². The summed E-state index contributed by atoms with van der Waals surface area (Å²) in [6, 6.07) is 8.79. The van der Waals surface area contributed by atoms with Gasteiger partial charge in [0, 0.05) is 37.3 Å². The molecule has 0 unspecified atom stereocenters. The van der Waals surface area contributed by atoms with Crippen LogP contribution in [0.15, 0.2) is 53.6 Å². The minimum Gasteiger partial charge on any atom is -0.490 e. The van der Waals surface area contributed by atoms with Crippen molar-refractivity contribution in [2.75, 3.05) is 31.1 Å². The maximum Gasteiger partial charge on any atom is 0.419 e. The van der Waals surface area contributed by atoms with Crippen LogP contribution in [0.3, 0.4) is 0 Å². The van der Waals surface area contributed by atoms with E-state index in [1.165, 1.54) is 12.1 Å². The number of nitrogens with zero attached hydrogens (tertiary/aromatic N) is 5. The van der Waals surface area contributed by atoms with E-state index >= 15 is 0 Å². The van der Waals surface area contributed by atoms with Gasteiger partial charge in [0.2, 0.25) is 5.95 Å². The molecule has 0 spiro atoms. The molecule has 0 bridgehead atoms. The Morgan fingerprint density at radius 2 is 1.78 bits per heavy atom. The van der Waals surface area contributed by atoms with Crippen LogP contribution in [0.1, 0.15) is 46.4 Å². The molecule has 15 heteroatoms. The van der Waals surface area contributed by atoms with Gasteiger partial charge < -0.3 is 14.5 Å². The van der Waals surface area contributed by atoms with Crippen LogP contribution in [0.25, 0.3) is 10.8 Å². The van der Waals surface area contributed by atoms with E-state index in [2.05, 4.69) is 20.2 Å². The molecule has 1 aliphatic carbocycles. The number of H-pyrrole nitrogens is 1. The number of amides is 1. The zero-order valence-electron chi connectivity index (χ0n) is 23.6. The Labute approximate surface area is 251 Å². The topological polar surface area (TPSA) is 104 Å². The van der Waals surface area contributed by atoms with Gasteiger partial charge in [-0.25, -0.2) is 28.2 Å². The minimum absolute atomic E-state index is 0.0793. The third-order valence-electron chi connectivity index (χ3n) is 7.85. The number of benzene rings is 2. The Morgan fingerprint density at radius 3 is 2.47 bits per heavy atom. The summed E-state index contributed by atoms with van der Waals surface area (Å²) < 4.78 is 89.5. The first-order chi connectivity index (χ1) is 21.4. The molecule has 3 heterocycles. The Hall–Kier alpha value is -4.69. The van der Waals surface area contributed by atoms with Gasteiger partial charge in [-0.15, -0.1) is 0 Å². The van der Waals surface area contributed by atoms with Crippen molar-refractivity contribution in [2.24, 2.45) is 0 Å². The van der Waals surface area contributed by atoms with Gasteiger partial charge in [0.1, 0.15) is 11.6 Å². The quantitative estimate of drug-likeness (QED) is 0.299. The van der Waals surface area contributed by atoms with Crippen molar-refractivity contribution in [3.63, 3.8) is 0 Å². The molecule has 1 amide bonds. The normalized spacial score (nSPS) is 17.2. The molecule has 9 nitrogen and oxygen atoms in total. The molecule has 1 N–H and O–H groups in total. The lowest BCUT2D eigenvalue weighted by Crippen LogP contribution is -2.42. The van der Waals surface area contributed by atoms with Gasteiger partial charge in [-0.2, -0.15) is 18.3 Å². The van der Waals surface area contributed by atoms with Gasteiger partial charge in [0.15, 0.2) is 0 Å². The molecule has 45 heavy (non-hydrogen) atoms. The summed E-state index contributed by atoms with van der Waals surface area (Å²) in [6.07, 6.45) is -0.560. The molecule has 4 aromatic rings. The van der Waals surface area contributed by atoms with Gasteiger partial charge in [-0.3, -0.25) is 9.59 Å². The summed E-state index contributed by atoms with van der Waals surface area (Å²) in [5.74, 6) is -5.19. The molecule has 0 atom stereocenters. The number of aromatic amines is 1. The number of rotatable bonds is 6. The second-order valence-electron chi connectivity index (χ2n) is 11.1. The summed E-state index contributed by atoms with van der Waals surface area (Å²) >= 11 is 0. The zero-order chi connectivity index (χ0) is 31.9. The number of carbonyl (C=O) groups is 1. The van der Waals surface area contributed by atoms with E-state index in [4.69, 9.17) is 4.74 Å². The lowest BCUT2D eigenvalue weighted by atomic mass is 9.96. The third kappa shape index (κ3) is 6.56. The van der Waals surface area contributed by atoms with Crippen LogP contribution in [0.5, 0.6) is 5.75 Å². The molecular formula is C30H26F6N6O3. The van der Waals surface area contributed by atoms with Crippen LogP contribution in [0.4, 0.5) is 32.3 Å². The van der Waals surface area contributed by atoms with Crippen molar-refractivity contribution < 1.29 is 35.9 Å². The van der Waals surface area contributed by atoms with Crippen molar-refractivity contribution in [3.8, 4) is 5.75 Å². The number of halogens is 6. The van der Waals surface area contributed by atoms with Crippen LogP contribution in [0.2, 0.25) is 0 Å². The number of ether oxygens (including phenoxy) is 1. The lowest BCUT2D eigenvalue weighted by molar-refractivity contribution is -0.138. The molecule has 2 aromatic carbocycles. The van der Waals surface area contributed by atoms with Gasteiger partial charge >= 0.3 is 6.18 Å². The lowest BCUT2D eigenvalue weighted by Gasteiger charge is -2.26. The van der Waals surface area contributed by atoms with E-state index in [0.29, 0.717) is 40.2 Å². The van der Waals surface area contributed by atoms with E-state index in [1.807, 2.05) is 0 Å². The Bertz CT molecular complexity index is 1790. The highest BCUT2D eigenvalue weighted by Gasteiger charge is 2.40. The van der Waals surface area contributed by atoms with Crippen molar-refractivity contribution in [1.29, 1.82) is 0 Å². The fourth-order valence-electron chi connectivity index (χ4n) is 5.28. The van der Waals surface area contributed by atoms with Crippen molar-refractivity contribution >= 4 is 22.6 Å². The van der Waals surface area contributed by atoms with E-state index in [0.717, 1.165) is 35.1 Å². The highest BCUT2D eigenvalue weighted by atomic mass is 19.4. The molecular weight excluding hydrogens is 606 g/mol. The summed E-state index contributed by atoms with van der Waals surface area (Å²) in [7, 11) is 0. The smallest absolute Gasteiger partial charge is 0.419 e. The van der Waals surface area contributed by atoms with Crippen molar-refractivity contribution in [3.05, 3.63) is 87.3 Å². The summed E-state index contributed by atoms with van der Waals surface area (Å²) in [4.78, 5) is 34.8. The predicted molar refractivity (Wildman–Crippen MR) is 150 cm³/mol. The fourth-order valence-corrected chi connectivity index (χ4v) is 5.28. The van der Waals surface area contributed by atoms with E-state index < -0.39 is 53.6 Å². The van der Waals surface area contributed by atoms with Crippen LogP contribution in [-0.4, -0.2) is 69.2 Å². The van der Waals surface area contributed by atoms with Crippen molar-refractivity contribution in [2.45, 2.75) is 43.9 Å².